The molecule has 0 bridgehead atoms. The first-order valence-electron chi connectivity index (χ1n) is 5.09. The molecule has 1 fully saturated rings. The van der Waals surface area contributed by atoms with Crippen molar-refractivity contribution in [2.45, 2.75) is 38.6 Å². The van der Waals surface area contributed by atoms with E-state index in [9.17, 15) is 14.7 Å². The number of nitrogens with one attached hydrogen (secondary N) is 1. The molecule has 92 valence electrons. The first kappa shape index (κ1) is 12.9. The molecule has 2 N–H and O–H groups in total. The number of hydrogen-bond donors (Lipinski definition) is 2. The van der Waals surface area contributed by atoms with E-state index in [1.807, 2.05) is 0 Å². The summed E-state index contributed by atoms with van der Waals surface area (Å²) in [5.41, 5.74) is -0.654. The Morgan fingerprint density at radius 3 is 2.75 bits per heavy atom. The van der Waals surface area contributed by atoms with Crippen LogP contribution in [0.5, 0.6) is 0 Å². The largest absolute Gasteiger partial charge is 0.460 e. The Kier molecular flexibility index (Phi) is 3.54. The molecule has 1 amide bonds. The van der Waals surface area contributed by atoms with Crippen molar-refractivity contribution in [3.05, 3.63) is 0 Å². The Morgan fingerprint density at radius 1 is 1.62 bits per heavy atom. The average Bonchev–Trinajstić information content (AvgIpc) is 2.06. The van der Waals surface area contributed by atoms with Crippen LogP contribution in [0.1, 0.15) is 27.2 Å². The number of aliphatic hydroxyl groups is 1. The van der Waals surface area contributed by atoms with Gasteiger partial charge in [0.2, 0.25) is 0 Å². The minimum Gasteiger partial charge on any atom is -0.460 e. The van der Waals surface area contributed by atoms with E-state index in [1.165, 1.54) is 0 Å². The zero-order chi connectivity index (χ0) is 12.4. The predicted molar refractivity (Wildman–Crippen MR) is 54.4 cm³/mol. The third kappa shape index (κ3) is 3.46. The molecule has 1 saturated heterocycles. The fourth-order valence-electron chi connectivity index (χ4n) is 1.29. The van der Waals surface area contributed by atoms with Gasteiger partial charge in [0.25, 0.3) is 11.7 Å². The molecular weight excluding hydrogens is 214 g/mol. The molecule has 1 heterocycles. The zero-order valence-electron chi connectivity index (χ0n) is 9.70. The number of esters is 1. The minimum absolute atomic E-state index is 0.172. The molecule has 0 aromatic rings. The lowest BCUT2D eigenvalue weighted by Crippen LogP contribution is -2.56. The van der Waals surface area contributed by atoms with Gasteiger partial charge in [-0.3, -0.25) is 9.59 Å². The summed E-state index contributed by atoms with van der Waals surface area (Å²) >= 11 is 0. The van der Waals surface area contributed by atoms with Crippen molar-refractivity contribution < 1.29 is 24.2 Å². The van der Waals surface area contributed by atoms with Crippen molar-refractivity contribution in [3.63, 3.8) is 0 Å². The second kappa shape index (κ2) is 4.39. The van der Waals surface area contributed by atoms with Crippen molar-refractivity contribution in [1.82, 2.24) is 5.32 Å². The van der Waals surface area contributed by atoms with Crippen LogP contribution in [0.4, 0.5) is 0 Å². The van der Waals surface area contributed by atoms with Gasteiger partial charge in [0.1, 0.15) is 12.0 Å². The van der Waals surface area contributed by atoms with Gasteiger partial charge < -0.3 is 19.9 Å². The second-order valence-electron chi connectivity index (χ2n) is 4.65. The van der Waals surface area contributed by atoms with E-state index in [0.717, 1.165) is 0 Å². The van der Waals surface area contributed by atoms with Gasteiger partial charge >= 0.3 is 5.97 Å². The van der Waals surface area contributed by atoms with Crippen LogP contribution < -0.4 is 5.32 Å². The highest BCUT2D eigenvalue weighted by Crippen LogP contribution is 2.18. The van der Waals surface area contributed by atoms with Gasteiger partial charge in [-0.25, -0.2) is 0 Å². The first-order valence-corrected chi connectivity index (χ1v) is 5.09. The Balaban J connectivity index is 2.58. The lowest BCUT2D eigenvalue weighted by Gasteiger charge is -2.31. The van der Waals surface area contributed by atoms with Crippen LogP contribution in [0.3, 0.4) is 0 Å². The molecule has 6 nitrogen and oxygen atoms in total. The first-order chi connectivity index (χ1) is 7.23. The molecule has 1 atom stereocenters. The van der Waals surface area contributed by atoms with E-state index in [4.69, 9.17) is 9.47 Å². The Bertz CT molecular complexity index is 296. The number of carbonyl (C=O) groups excluding carboxylic acids is 2. The van der Waals surface area contributed by atoms with Crippen LogP contribution in [0, 0.1) is 0 Å². The smallest absolute Gasteiger partial charge is 0.312 e. The normalized spacial score (nSPS) is 26.1. The second-order valence-corrected chi connectivity index (χ2v) is 4.65. The molecule has 1 aliphatic heterocycles. The molecule has 1 rings (SSSR count). The Hall–Kier alpha value is -1.14. The molecule has 0 aromatic heterocycles. The lowest BCUT2D eigenvalue weighted by molar-refractivity contribution is -0.225. The molecule has 0 saturated carbocycles. The molecule has 16 heavy (non-hydrogen) atoms. The van der Waals surface area contributed by atoms with Crippen molar-refractivity contribution in [2.24, 2.45) is 0 Å². The highest BCUT2D eigenvalue weighted by atomic mass is 16.6. The van der Waals surface area contributed by atoms with E-state index in [-0.39, 0.29) is 6.61 Å². The number of rotatable bonds is 2. The number of morpholine rings is 1. The fraction of sp³-hybridized carbons (Fsp3) is 0.800. The topological polar surface area (TPSA) is 84.9 Å². The van der Waals surface area contributed by atoms with Gasteiger partial charge in [-0.15, -0.1) is 0 Å². The van der Waals surface area contributed by atoms with Gasteiger partial charge in [-0.2, -0.15) is 0 Å². The molecule has 0 aromatic carbocycles. The fourth-order valence-corrected chi connectivity index (χ4v) is 1.29. The van der Waals surface area contributed by atoms with Crippen molar-refractivity contribution in [2.75, 3.05) is 13.2 Å². The van der Waals surface area contributed by atoms with Crippen molar-refractivity contribution in [1.29, 1.82) is 0 Å². The maximum absolute atomic E-state index is 11.4. The zero-order valence-corrected chi connectivity index (χ0v) is 9.70. The molecule has 0 spiro atoms. The molecule has 1 aliphatic rings. The van der Waals surface area contributed by atoms with Crippen molar-refractivity contribution in [3.8, 4) is 0 Å². The number of ether oxygens (including phenoxy) is 2. The van der Waals surface area contributed by atoms with E-state index < -0.39 is 29.7 Å². The van der Waals surface area contributed by atoms with Gasteiger partial charge in [0.05, 0.1) is 6.61 Å². The highest BCUT2D eigenvalue weighted by molar-refractivity contribution is 5.88. The van der Waals surface area contributed by atoms with Gasteiger partial charge in [0.15, 0.2) is 0 Å². The highest BCUT2D eigenvalue weighted by Gasteiger charge is 2.43. The predicted octanol–water partition coefficient (Wildman–Crippen LogP) is -0.447. The summed E-state index contributed by atoms with van der Waals surface area (Å²) in [6.45, 7) is 5.62. The summed E-state index contributed by atoms with van der Waals surface area (Å²) in [5.74, 6) is -3.47. The summed E-state index contributed by atoms with van der Waals surface area (Å²) in [7, 11) is 0. The molecule has 0 radical (unpaired) electrons. The maximum atomic E-state index is 11.4. The summed E-state index contributed by atoms with van der Waals surface area (Å²) in [6, 6.07) is 0. The third-order valence-corrected chi connectivity index (χ3v) is 1.89. The summed E-state index contributed by atoms with van der Waals surface area (Å²) < 4.78 is 9.90. The van der Waals surface area contributed by atoms with Crippen molar-refractivity contribution >= 4 is 11.9 Å². The van der Waals surface area contributed by atoms with Crippen LogP contribution in [-0.4, -0.2) is 41.5 Å². The van der Waals surface area contributed by atoms with E-state index in [0.29, 0.717) is 6.54 Å². The van der Waals surface area contributed by atoms with E-state index in [1.54, 1.807) is 20.8 Å². The Morgan fingerprint density at radius 2 is 2.25 bits per heavy atom. The quantitative estimate of drug-likeness (QED) is 0.629. The van der Waals surface area contributed by atoms with Gasteiger partial charge in [-0.1, -0.05) is 0 Å². The van der Waals surface area contributed by atoms with Crippen LogP contribution in [0.2, 0.25) is 0 Å². The van der Waals surface area contributed by atoms with Gasteiger partial charge in [-0.05, 0) is 20.8 Å². The monoisotopic (exact) mass is 231 g/mol. The average molecular weight is 231 g/mol. The lowest BCUT2D eigenvalue weighted by atomic mass is 10.1. The maximum Gasteiger partial charge on any atom is 0.312 e. The van der Waals surface area contributed by atoms with E-state index >= 15 is 0 Å². The summed E-state index contributed by atoms with van der Waals surface area (Å²) in [4.78, 5) is 22.8. The van der Waals surface area contributed by atoms with E-state index in [2.05, 4.69) is 5.32 Å². The molecule has 1 unspecified atom stereocenters. The number of amides is 1. The number of hydrogen-bond acceptors (Lipinski definition) is 5. The number of carbonyl (C=O) groups is 2. The van der Waals surface area contributed by atoms with Gasteiger partial charge in [0, 0.05) is 6.54 Å². The van der Waals surface area contributed by atoms with Crippen LogP contribution in [0.25, 0.3) is 0 Å². The Labute approximate surface area is 93.9 Å². The van der Waals surface area contributed by atoms with Crippen LogP contribution >= 0.6 is 0 Å². The molecule has 0 aliphatic carbocycles. The summed E-state index contributed by atoms with van der Waals surface area (Å²) in [5, 5.41) is 12.2. The minimum atomic E-state index is -2.10. The van der Waals surface area contributed by atoms with Crippen LogP contribution in [0.15, 0.2) is 0 Å². The summed E-state index contributed by atoms with van der Waals surface area (Å²) in [6.07, 6.45) is -0.504. The molecule has 6 heteroatoms. The third-order valence-electron chi connectivity index (χ3n) is 1.89. The SMILES string of the molecule is CC(C)(C)OC(=O)CC1(O)OCCNC1=O. The van der Waals surface area contributed by atoms with Crippen LogP contribution in [-0.2, 0) is 19.1 Å². The standard InChI is InChI=1S/C10H17NO5/c1-9(2,3)16-7(12)6-10(14)8(13)11-4-5-15-10/h14H,4-6H2,1-3H3,(H,11,13). The molecular formula is C10H17NO5.